The van der Waals surface area contributed by atoms with E-state index in [0.29, 0.717) is 12.1 Å². The van der Waals surface area contributed by atoms with Crippen molar-refractivity contribution in [1.82, 2.24) is 15.6 Å². The van der Waals surface area contributed by atoms with Crippen LogP contribution in [0.2, 0.25) is 0 Å². The van der Waals surface area contributed by atoms with E-state index in [9.17, 15) is 9.59 Å². The molecule has 0 fully saturated rings. The molecule has 2 atom stereocenters. The Balaban J connectivity index is 2.41. The van der Waals surface area contributed by atoms with Crippen molar-refractivity contribution in [2.24, 2.45) is 5.92 Å². The third-order valence-electron chi connectivity index (χ3n) is 4.29. The van der Waals surface area contributed by atoms with Gasteiger partial charge >= 0.3 is 0 Å². The van der Waals surface area contributed by atoms with Crippen molar-refractivity contribution in [2.45, 2.75) is 26.7 Å². The van der Waals surface area contributed by atoms with Gasteiger partial charge in [0, 0.05) is 32.1 Å². The van der Waals surface area contributed by atoms with Gasteiger partial charge in [-0.2, -0.15) is 0 Å². The smallest absolute Gasteiger partial charge is 0.251 e. The molecule has 2 rings (SSSR count). The summed E-state index contributed by atoms with van der Waals surface area (Å²) in [6.45, 7) is 6.35. The fourth-order valence-corrected chi connectivity index (χ4v) is 2.69. The van der Waals surface area contributed by atoms with Crippen LogP contribution >= 0.6 is 0 Å². The molecule has 1 aromatic carbocycles. The van der Waals surface area contributed by atoms with Crippen molar-refractivity contribution >= 4 is 22.7 Å². The Bertz CT molecular complexity index is 727. The summed E-state index contributed by atoms with van der Waals surface area (Å²) in [6.07, 6.45) is 1.67. The molecular weight excluding hydrogens is 290 g/mol. The largest absolute Gasteiger partial charge is 0.356 e. The summed E-state index contributed by atoms with van der Waals surface area (Å²) in [5.41, 5.74) is 2.56. The monoisotopic (exact) mass is 313 g/mol. The van der Waals surface area contributed by atoms with Crippen LogP contribution in [0.5, 0.6) is 0 Å². The predicted molar refractivity (Wildman–Crippen MR) is 91.4 cm³/mol. The van der Waals surface area contributed by atoms with Gasteiger partial charge in [-0.1, -0.05) is 32.0 Å². The van der Waals surface area contributed by atoms with Gasteiger partial charge in [-0.3, -0.25) is 14.6 Å². The normalized spacial score (nSPS) is 13.4. The Morgan fingerprint density at radius 2 is 1.96 bits per heavy atom. The van der Waals surface area contributed by atoms with Gasteiger partial charge in [-0.25, -0.2) is 0 Å². The predicted octanol–water partition coefficient (Wildman–Crippen LogP) is 2.47. The quantitative estimate of drug-likeness (QED) is 0.891. The van der Waals surface area contributed by atoms with E-state index in [2.05, 4.69) is 29.5 Å². The van der Waals surface area contributed by atoms with E-state index in [1.54, 1.807) is 19.3 Å². The Morgan fingerprint density at radius 1 is 1.22 bits per heavy atom. The lowest BCUT2D eigenvalue weighted by atomic mass is 9.87. The molecule has 122 valence electrons. The topological polar surface area (TPSA) is 71.1 Å². The number of amides is 2. The molecule has 0 aliphatic rings. The summed E-state index contributed by atoms with van der Waals surface area (Å²) >= 11 is 0. The molecule has 0 aliphatic carbocycles. The fraction of sp³-hybridized carbons (Fsp3) is 0.389. The molecule has 5 heteroatoms. The van der Waals surface area contributed by atoms with Gasteiger partial charge in [0.25, 0.3) is 5.91 Å². The van der Waals surface area contributed by atoms with E-state index >= 15 is 0 Å². The number of carbonyl (C=O) groups excluding carboxylic acids is 2. The van der Waals surface area contributed by atoms with E-state index in [0.717, 1.165) is 16.5 Å². The number of para-hydroxylation sites is 1. The number of nitrogens with zero attached hydrogens (tertiary/aromatic N) is 1. The highest BCUT2D eigenvalue weighted by Gasteiger charge is 2.19. The minimum atomic E-state index is -0.117. The maximum atomic E-state index is 12.0. The van der Waals surface area contributed by atoms with Crippen LogP contribution < -0.4 is 10.6 Å². The molecule has 23 heavy (non-hydrogen) atoms. The van der Waals surface area contributed by atoms with Crippen molar-refractivity contribution in [2.75, 3.05) is 13.6 Å². The molecule has 0 saturated carbocycles. The minimum absolute atomic E-state index is 0.0259. The molecule has 2 N–H and O–H groups in total. The van der Waals surface area contributed by atoms with Crippen LogP contribution in [-0.2, 0) is 4.79 Å². The number of pyridine rings is 1. The van der Waals surface area contributed by atoms with Crippen LogP contribution in [0.25, 0.3) is 10.9 Å². The van der Waals surface area contributed by atoms with E-state index in [-0.39, 0.29) is 23.7 Å². The maximum absolute atomic E-state index is 12.0. The Morgan fingerprint density at radius 3 is 2.61 bits per heavy atom. The van der Waals surface area contributed by atoms with Crippen molar-refractivity contribution in [3.63, 3.8) is 0 Å². The van der Waals surface area contributed by atoms with Crippen LogP contribution in [0, 0.1) is 5.92 Å². The highest BCUT2D eigenvalue weighted by molar-refractivity contribution is 6.06. The molecule has 2 aromatic rings. The van der Waals surface area contributed by atoms with Gasteiger partial charge in [-0.05, 0) is 23.5 Å². The Hall–Kier alpha value is -2.43. The summed E-state index contributed by atoms with van der Waals surface area (Å²) in [6, 6.07) is 7.64. The Labute approximate surface area is 136 Å². The second-order valence-electron chi connectivity index (χ2n) is 5.88. The number of carbonyl (C=O) groups is 2. The van der Waals surface area contributed by atoms with Gasteiger partial charge in [-0.15, -0.1) is 0 Å². The summed E-state index contributed by atoms with van der Waals surface area (Å²) in [7, 11) is 1.62. The second kappa shape index (κ2) is 7.22. The van der Waals surface area contributed by atoms with Crippen LogP contribution in [0.4, 0.5) is 0 Å². The zero-order valence-electron chi connectivity index (χ0n) is 14.0. The second-order valence-corrected chi connectivity index (χ2v) is 5.88. The molecule has 5 nitrogen and oxygen atoms in total. The average Bonchev–Trinajstić information content (AvgIpc) is 2.57. The third kappa shape index (κ3) is 3.67. The lowest BCUT2D eigenvalue weighted by Crippen LogP contribution is -2.28. The van der Waals surface area contributed by atoms with Gasteiger partial charge in [0.1, 0.15) is 0 Å². The average molecular weight is 313 g/mol. The molecule has 2 unspecified atom stereocenters. The molecule has 0 aliphatic heterocycles. The van der Waals surface area contributed by atoms with E-state index in [1.807, 2.05) is 18.2 Å². The van der Waals surface area contributed by atoms with Gasteiger partial charge in [0.2, 0.25) is 5.91 Å². The minimum Gasteiger partial charge on any atom is -0.356 e. The number of hydrogen-bond donors (Lipinski definition) is 2. The first-order valence-electron chi connectivity index (χ1n) is 7.79. The summed E-state index contributed by atoms with van der Waals surface area (Å²) in [5.74, 6) is 0.323. The molecule has 2 amide bonds. The van der Waals surface area contributed by atoms with Crippen molar-refractivity contribution < 1.29 is 9.59 Å². The SMILES string of the molecule is CNC(=O)c1ccnc2c(C(C)C(C)CNC(C)=O)cccc12. The number of nitrogens with one attached hydrogen (secondary N) is 2. The summed E-state index contributed by atoms with van der Waals surface area (Å²) in [4.78, 5) is 27.6. The summed E-state index contributed by atoms with van der Waals surface area (Å²) in [5, 5.41) is 6.37. The highest BCUT2D eigenvalue weighted by Crippen LogP contribution is 2.30. The lowest BCUT2D eigenvalue weighted by molar-refractivity contribution is -0.119. The molecule has 1 aromatic heterocycles. The van der Waals surface area contributed by atoms with E-state index in [4.69, 9.17) is 0 Å². The molecular formula is C18H23N3O2. The van der Waals surface area contributed by atoms with Gasteiger partial charge in [0.05, 0.1) is 11.1 Å². The Kier molecular flexibility index (Phi) is 5.32. The number of hydrogen-bond acceptors (Lipinski definition) is 3. The highest BCUT2D eigenvalue weighted by atomic mass is 16.2. The van der Waals surface area contributed by atoms with Crippen molar-refractivity contribution in [3.05, 3.63) is 41.6 Å². The van der Waals surface area contributed by atoms with Crippen LogP contribution in [0.1, 0.15) is 42.6 Å². The van der Waals surface area contributed by atoms with E-state index in [1.165, 1.54) is 6.92 Å². The third-order valence-corrected chi connectivity index (χ3v) is 4.29. The molecule has 0 radical (unpaired) electrons. The van der Waals surface area contributed by atoms with Crippen molar-refractivity contribution in [1.29, 1.82) is 0 Å². The van der Waals surface area contributed by atoms with Gasteiger partial charge < -0.3 is 10.6 Å². The number of rotatable bonds is 5. The van der Waals surface area contributed by atoms with E-state index < -0.39 is 0 Å². The fourth-order valence-electron chi connectivity index (χ4n) is 2.69. The zero-order chi connectivity index (χ0) is 17.0. The first-order chi connectivity index (χ1) is 11.0. The molecule has 0 saturated heterocycles. The lowest BCUT2D eigenvalue weighted by Gasteiger charge is -2.22. The van der Waals surface area contributed by atoms with Crippen LogP contribution in [-0.4, -0.2) is 30.4 Å². The standard InChI is InChI=1S/C18H23N3O2/c1-11(10-21-13(3)22)12(2)14-6-5-7-15-16(18(23)19-4)8-9-20-17(14)15/h5-9,11-12H,10H2,1-4H3,(H,19,23)(H,21,22). The number of benzene rings is 1. The zero-order valence-corrected chi connectivity index (χ0v) is 14.0. The number of aromatic nitrogens is 1. The first-order valence-corrected chi connectivity index (χ1v) is 7.79. The molecule has 0 spiro atoms. The first kappa shape index (κ1) is 16.9. The maximum Gasteiger partial charge on any atom is 0.251 e. The number of fused-ring (bicyclic) bond motifs is 1. The molecule has 1 heterocycles. The van der Waals surface area contributed by atoms with Crippen LogP contribution in [0.15, 0.2) is 30.5 Å². The van der Waals surface area contributed by atoms with Gasteiger partial charge in [0.15, 0.2) is 0 Å². The van der Waals surface area contributed by atoms with Crippen LogP contribution in [0.3, 0.4) is 0 Å². The van der Waals surface area contributed by atoms with Crippen molar-refractivity contribution in [3.8, 4) is 0 Å². The summed E-state index contributed by atoms with van der Waals surface area (Å²) < 4.78 is 0. The molecule has 0 bridgehead atoms.